The van der Waals surface area contributed by atoms with Gasteiger partial charge in [-0.2, -0.15) is 0 Å². The summed E-state index contributed by atoms with van der Waals surface area (Å²) in [4.78, 5) is 6.61. The van der Waals surface area contributed by atoms with E-state index in [4.69, 9.17) is 0 Å². The van der Waals surface area contributed by atoms with Crippen LogP contribution in [0, 0.1) is 17.7 Å². The Balaban J connectivity index is 1.64. The summed E-state index contributed by atoms with van der Waals surface area (Å²) in [7, 11) is -3.77. The van der Waals surface area contributed by atoms with E-state index < -0.39 is 15.8 Å². The molecule has 25 heavy (non-hydrogen) atoms. The van der Waals surface area contributed by atoms with Crippen molar-refractivity contribution in [1.29, 1.82) is 0 Å². The van der Waals surface area contributed by atoms with Gasteiger partial charge in [-0.15, -0.1) is 0 Å². The average Bonchev–Trinajstić information content (AvgIpc) is 2.58. The molecule has 2 N–H and O–H groups in total. The summed E-state index contributed by atoms with van der Waals surface area (Å²) in [5.74, 6) is 1.06. The quantitative estimate of drug-likeness (QED) is 0.857. The second-order valence-corrected chi connectivity index (χ2v) is 8.65. The van der Waals surface area contributed by atoms with Crippen LogP contribution in [-0.2, 0) is 10.0 Å². The fraction of sp³-hybridized carbons (Fsp3) is 0.588. The van der Waals surface area contributed by atoms with E-state index in [1.165, 1.54) is 25.0 Å². The highest BCUT2D eigenvalue weighted by Gasteiger charge is 2.32. The minimum absolute atomic E-state index is 0.00978. The molecule has 1 saturated carbocycles. The molecule has 1 fully saturated rings. The second-order valence-electron chi connectivity index (χ2n) is 6.97. The summed E-state index contributed by atoms with van der Waals surface area (Å²) in [6.07, 6.45) is 3.64. The predicted octanol–water partition coefficient (Wildman–Crippen LogP) is 2.10. The molecular formula is C17H25FN4O2S. The summed E-state index contributed by atoms with van der Waals surface area (Å²) in [6, 6.07) is 5.18. The molecule has 0 amide bonds. The van der Waals surface area contributed by atoms with E-state index in [0.717, 1.165) is 18.6 Å². The van der Waals surface area contributed by atoms with Gasteiger partial charge in [0.15, 0.2) is 0 Å². The third-order valence-corrected chi connectivity index (χ3v) is 6.70. The van der Waals surface area contributed by atoms with E-state index in [2.05, 4.69) is 33.8 Å². The Kier molecular flexibility index (Phi) is 5.29. The molecule has 1 aliphatic carbocycles. The van der Waals surface area contributed by atoms with Crippen LogP contribution < -0.4 is 10.0 Å². The van der Waals surface area contributed by atoms with Gasteiger partial charge in [-0.05, 0) is 42.5 Å². The fourth-order valence-electron chi connectivity index (χ4n) is 3.60. The average molecular weight is 368 g/mol. The van der Waals surface area contributed by atoms with Gasteiger partial charge in [0.05, 0.1) is 18.2 Å². The lowest BCUT2D eigenvalue weighted by atomic mass is 9.77. The maximum atomic E-state index is 13.0. The zero-order valence-corrected chi connectivity index (χ0v) is 15.4. The van der Waals surface area contributed by atoms with Crippen molar-refractivity contribution in [1.82, 2.24) is 14.9 Å². The third-order valence-electron chi connectivity index (χ3n) is 5.35. The molecule has 0 spiro atoms. The van der Waals surface area contributed by atoms with Crippen LogP contribution in [0.4, 0.5) is 4.39 Å². The fourth-order valence-corrected chi connectivity index (χ4v) is 4.61. The van der Waals surface area contributed by atoms with Gasteiger partial charge in [0.1, 0.15) is 5.82 Å². The number of sulfonamides is 1. The Hall–Kier alpha value is -1.67. The molecule has 2 aliphatic rings. The van der Waals surface area contributed by atoms with E-state index in [1.54, 1.807) is 0 Å². The number of nitrogens with zero attached hydrogens (tertiary/aromatic N) is 2. The molecule has 1 heterocycles. The molecule has 1 aliphatic heterocycles. The molecule has 8 heteroatoms. The zero-order chi connectivity index (χ0) is 18.0. The Morgan fingerprint density at radius 2 is 1.96 bits per heavy atom. The van der Waals surface area contributed by atoms with Crippen LogP contribution in [0.25, 0.3) is 0 Å². The molecule has 6 nitrogen and oxygen atoms in total. The number of rotatable bonds is 3. The molecule has 1 aromatic rings. The Labute approximate surface area is 148 Å². The van der Waals surface area contributed by atoms with Crippen LogP contribution in [-0.4, -0.2) is 38.7 Å². The van der Waals surface area contributed by atoms with Gasteiger partial charge in [0.2, 0.25) is 5.96 Å². The molecule has 0 radical (unpaired) electrons. The van der Waals surface area contributed by atoms with Gasteiger partial charge in [-0.25, -0.2) is 22.5 Å². The molecule has 1 aromatic carbocycles. The number of guanidine groups is 1. The molecule has 0 aromatic heterocycles. The van der Waals surface area contributed by atoms with Crippen molar-refractivity contribution in [2.45, 2.75) is 44.0 Å². The van der Waals surface area contributed by atoms with Crippen molar-refractivity contribution in [2.75, 3.05) is 13.3 Å². The van der Waals surface area contributed by atoms with Crippen LogP contribution in [0.3, 0.4) is 0 Å². The minimum atomic E-state index is -3.77. The first-order valence-electron chi connectivity index (χ1n) is 8.67. The van der Waals surface area contributed by atoms with Crippen molar-refractivity contribution in [2.24, 2.45) is 16.8 Å². The first-order valence-corrected chi connectivity index (χ1v) is 10.2. The molecular weight excluding hydrogens is 343 g/mol. The number of hydrogen-bond acceptors (Lipinski definition) is 5. The summed E-state index contributed by atoms with van der Waals surface area (Å²) in [5.41, 5.74) is 0. The van der Waals surface area contributed by atoms with Crippen LogP contribution in [0.5, 0.6) is 0 Å². The highest BCUT2D eigenvalue weighted by atomic mass is 32.2. The largest absolute Gasteiger partial charge is 0.343 e. The summed E-state index contributed by atoms with van der Waals surface area (Å²) < 4.78 is 40.0. The summed E-state index contributed by atoms with van der Waals surface area (Å²) >= 11 is 0. The SMILES string of the molecule is C[C@@H]1[C@H](C)CCC[C@H]1N1CN=C(NS(=O)(=O)c2ccc(F)cc2)NC1. The van der Waals surface area contributed by atoms with Crippen molar-refractivity contribution in [3.8, 4) is 0 Å². The number of benzene rings is 1. The molecule has 3 atom stereocenters. The smallest absolute Gasteiger partial charge is 0.264 e. The topological polar surface area (TPSA) is 73.8 Å². The van der Waals surface area contributed by atoms with Gasteiger partial charge < -0.3 is 5.32 Å². The van der Waals surface area contributed by atoms with E-state index in [-0.39, 0.29) is 10.9 Å². The van der Waals surface area contributed by atoms with Crippen LogP contribution >= 0.6 is 0 Å². The van der Waals surface area contributed by atoms with Gasteiger partial charge in [0.25, 0.3) is 10.0 Å². The van der Waals surface area contributed by atoms with Gasteiger partial charge in [-0.1, -0.05) is 26.7 Å². The highest BCUT2D eigenvalue weighted by Crippen LogP contribution is 2.32. The lowest BCUT2D eigenvalue weighted by molar-refractivity contribution is 0.0768. The summed E-state index contributed by atoms with van der Waals surface area (Å²) in [5, 5.41) is 3.05. The third kappa shape index (κ3) is 4.12. The maximum absolute atomic E-state index is 13.0. The Bertz CT molecular complexity index is 736. The first kappa shape index (κ1) is 18.1. The number of hydrogen-bond donors (Lipinski definition) is 2. The summed E-state index contributed by atoms with van der Waals surface area (Å²) in [6.45, 7) is 5.60. The van der Waals surface area contributed by atoms with Crippen LogP contribution in [0.2, 0.25) is 0 Å². The van der Waals surface area contributed by atoms with E-state index in [9.17, 15) is 12.8 Å². The maximum Gasteiger partial charge on any atom is 0.264 e. The molecule has 0 saturated heterocycles. The second kappa shape index (κ2) is 7.29. The van der Waals surface area contributed by atoms with Gasteiger partial charge in [0, 0.05) is 6.04 Å². The van der Waals surface area contributed by atoms with E-state index in [1.807, 2.05) is 0 Å². The molecule has 138 valence electrons. The van der Waals surface area contributed by atoms with Crippen LogP contribution in [0.1, 0.15) is 33.1 Å². The zero-order valence-electron chi connectivity index (χ0n) is 14.6. The van der Waals surface area contributed by atoms with Crippen LogP contribution in [0.15, 0.2) is 34.2 Å². The van der Waals surface area contributed by atoms with Crippen molar-refractivity contribution < 1.29 is 12.8 Å². The first-order chi connectivity index (χ1) is 11.9. The predicted molar refractivity (Wildman–Crippen MR) is 94.8 cm³/mol. The van der Waals surface area contributed by atoms with Gasteiger partial charge >= 0.3 is 0 Å². The van der Waals surface area contributed by atoms with Gasteiger partial charge in [-0.3, -0.25) is 4.90 Å². The molecule has 0 bridgehead atoms. The Morgan fingerprint density at radius 1 is 1.24 bits per heavy atom. The van der Waals surface area contributed by atoms with Crippen molar-refractivity contribution in [3.63, 3.8) is 0 Å². The minimum Gasteiger partial charge on any atom is -0.343 e. The normalized spacial score (nSPS) is 28.1. The highest BCUT2D eigenvalue weighted by molar-refractivity contribution is 7.90. The number of halogens is 1. The number of aliphatic imine (C=N–C) groups is 1. The number of nitrogens with one attached hydrogen (secondary N) is 2. The Morgan fingerprint density at radius 3 is 2.60 bits per heavy atom. The van der Waals surface area contributed by atoms with E-state index in [0.29, 0.717) is 31.2 Å². The lowest BCUT2D eigenvalue weighted by Crippen LogP contribution is -2.55. The molecule has 0 unspecified atom stereocenters. The van der Waals surface area contributed by atoms with Crippen molar-refractivity contribution >= 4 is 16.0 Å². The monoisotopic (exact) mass is 368 g/mol. The van der Waals surface area contributed by atoms with Crippen molar-refractivity contribution in [3.05, 3.63) is 30.1 Å². The molecule has 3 rings (SSSR count). The lowest BCUT2D eigenvalue weighted by Gasteiger charge is -2.42. The standard InChI is InChI=1S/C17H25FN4O2S/c1-12-4-3-5-16(13(12)2)22-10-19-17(20-11-22)21-25(23,24)15-8-6-14(18)7-9-15/h6-9,12-13,16H,3-5,10-11H2,1-2H3,(H2,19,20,21)/t12-,13-,16-/m1/s1. The van der Waals surface area contributed by atoms with E-state index >= 15 is 0 Å².